The monoisotopic (exact) mass is 204 g/mol. The van der Waals surface area contributed by atoms with Crippen molar-refractivity contribution in [1.29, 1.82) is 0 Å². The highest BCUT2D eigenvalue weighted by atomic mass is 16.3. The molecule has 0 amide bonds. The third-order valence-corrected chi connectivity index (χ3v) is 3.06. The number of hydrogen-bond acceptors (Lipinski definition) is 1. The Morgan fingerprint density at radius 1 is 1.20 bits per heavy atom. The first-order valence-electron chi connectivity index (χ1n) is 5.89. The van der Waals surface area contributed by atoms with Gasteiger partial charge in [0, 0.05) is 0 Å². The molecule has 1 fully saturated rings. The predicted octanol–water partition coefficient (Wildman–Crippen LogP) is 3.01. The lowest BCUT2D eigenvalue weighted by Gasteiger charge is -2.11. The lowest BCUT2D eigenvalue weighted by molar-refractivity contribution is 0.158. The zero-order valence-corrected chi connectivity index (χ0v) is 9.66. The molecule has 0 heterocycles. The molecule has 1 aromatic carbocycles. The average molecular weight is 204 g/mol. The Kier molecular flexibility index (Phi) is 3.11. The zero-order valence-electron chi connectivity index (χ0n) is 9.66. The van der Waals surface area contributed by atoms with E-state index in [1.54, 1.807) is 0 Å². The van der Waals surface area contributed by atoms with Gasteiger partial charge in [-0.3, -0.25) is 0 Å². The Morgan fingerprint density at radius 2 is 1.80 bits per heavy atom. The number of aliphatic hydroxyl groups is 1. The van der Waals surface area contributed by atoms with Crippen molar-refractivity contribution in [1.82, 2.24) is 0 Å². The van der Waals surface area contributed by atoms with Gasteiger partial charge in [0.15, 0.2) is 0 Å². The second kappa shape index (κ2) is 4.36. The number of aliphatic hydroxyl groups excluding tert-OH is 1. The van der Waals surface area contributed by atoms with Gasteiger partial charge in [-0.2, -0.15) is 0 Å². The minimum absolute atomic E-state index is 0.140. The maximum absolute atomic E-state index is 9.89. The molecular formula is C14H20O. The molecular weight excluding hydrogens is 184 g/mol. The molecule has 2 rings (SSSR count). The second-order valence-electron chi connectivity index (χ2n) is 5.03. The summed E-state index contributed by atoms with van der Waals surface area (Å²) in [4.78, 5) is 0. The molecule has 1 saturated carbocycles. The zero-order chi connectivity index (χ0) is 10.8. The van der Waals surface area contributed by atoms with E-state index in [2.05, 4.69) is 32.0 Å². The van der Waals surface area contributed by atoms with Crippen LogP contribution in [0.3, 0.4) is 0 Å². The van der Waals surface area contributed by atoms with Crippen molar-refractivity contribution in [3.63, 3.8) is 0 Å². The van der Waals surface area contributed by atoms with Crippen LogP contribution in [0.15, 0.2) is 18.2 Å². The topological polar surface area (TPSA) is 20.2 Å². The van der Waals surface area contributed by atoms with Crippen molar-refractivity contribution in [2.24, 2.45) is 5.92 Å². The highest BCUT2D eigenvalue weighted by Crippen LogP contribution is 2.34. The highest BCUT2D eigenvalue weighted by Gasteiger charge is 2.24. The lowest BCUT2D eigenvalue weighted by atomic mass is 10.00. The van der Waals surface area contributed by atoms with Gasteiger partial charge >= 0.3 is 0 Å². The van der Waals surface area contributed by atoms with Crippen LogP contribution in [0.25, 0.3) is 0 Å². The van der Waals surface area contributed by atoms with Gasteiger partial charge < -0.3 is 5.11 Å². The van der Waals surface area contributed by atoms with E-state index in [-0.39, 0.29) is 6.10 Å². The molecule has 1 unspecified atom stereocenters. The van der Waals surface area contributed by atoms with E-state index in [4.69, 9.17) is 0 Å². The largest absolute Gasteiger partial charge is 0.393 e. The molecule has 1 aliphatic carbocycles. The molecule has 1 N–H and O–H groups in total. The van der Waals surface area contributed by atoms with E-state index in [0.29, 0.717) is 0 Å². The van der Waals surface area contributed by atoms with Gasteiger partial charge in [-0.15, -0.1) is 0 Å². The maximum atomic E-state index is 9.89. The molecule has 1 aliphatic rings. The van der Waals surface area contributed by atoms with Crippen LogP contribution in [0.5, 0.6) is 0 Å². The molecule has 82 valence electrons. The fraction of sp³-hybridized carbons (Fsp3) is 0.571. The molecule has 1 aromatic rings. The summed E-state index contributed by atoms with van der Waals surface area (Å²) in [5.41, 5.74) is 3.87. The molecule has 0 saturated heterocycles. The maximum Gasteiger partial charge on any atom is 0.0583 e. The van der Waals surface area contributed by atoms with Gasteiger partial charge in [-0.05, 0) is 38.2 Å². The van der Waals surface area contributed by atoms with Gasteiger partial charge in [0.1, 0.15) is 0 Å². The van der Waals surface area contributed by atoms with Crippen LogP contribution in [0, 0.1) is 19.8 Å². The Bertz CT molecular complexity index is 319. The number of rotatable bonds is 4. The third-order valence-electron chi connectivity index (χ3n) is 3.06. The van der Waals surface area contributed by atoms with E-state index in [1.807, 2.05) is 0 Å². The van der Waals surface area contributed by atoms with E-state index in [1.165, 1.54) is 29.5 Å². The average Bonchev–Trinajstić information content (AvgIpc) is 2.85. The van der Waals surface area contributed by atoms with Crippen molar-refractivity contribution in [3.05, 3.63) is 34.9 Å². The van der Waals surface area contributed by atoms with Crippen LogP contribution in [0.2, 0.25) is 0 Å². The standard InChI is InChI=1S/C14H20O/c1-10-5-11(2)7-13(6-10)9-14(15)8-12-3-4-12/h5-7,12,14-15H,3-4,8-9H2,1-2H3. The summed E-state index contributed by atoms with van der Waals surface area (Å²) < 4.78 is 0. The van der Waals surface area contributed by atoms with Crippen molar-refractivity contribution < 1.29 is 5.11 Å². The summed E-state index contributed by atoms with van der Waals surface area (Å²) >= 11 is 0. The second-order valence-corrected chi connectivity index (χ2v) is 5.03. The van der Waals surface area contributed by atoms with Gasteiger partial charge in [-0.1, -0.05) is 42.2 Å². The summed E-state index contributed by atoms with van der Waals surface area (Å²) in [6.07, 6.45) is 4.32. The molecule has 0 aromatic heterocycles. The quantitative estimate of drug-likeness (QED) is 0.799. The first-order valence-corrected chi connectivity index (χ1v) is 5.89. The van der Waals surface area contributed by atoms with E-state index in [0.717, 1.165) is 18.8 Å². The van der Waals surface area contributed by atoms with E-state index >= 15 is 0 Å². The van der Waals surface area contributed by atoms with Crippen LogP contribution < -0.4 is 0 Å². The van der Waals surface area contributed by atoms with E-state index < -0.39 is 0 Å². The van der Waals surface area contributed by atoms with E-state index in [9.17, 15) is 5.11 Å². The normalized spacial score (nSPS) is 17.8. The minimum Gasteiger partial charge on any atom is -0.393 e. The number of hydrogen-bond donors (Lipinski definition) is 1. The van der Waals surface area contributed by atoms with Gasteiger partial charge in [0.05, 0.1) is 6.10 Å². The third kappa shape index (κ3) is 3.35. The van der Waals surface area contributed by atoms with Crippen LogP contribution in [-0.2, 0) is 6.42 Å². The SMILES string of the molecule is Cc1cc(C)cc(CC(O)CC2CC2)c1. The highest BCUT2D eigenvalue weighted by molar-refractivity contribution is 5.28. The lowest BCUT2D eigenvalue weighted by Crippen LogP contribution is -2.11. The molecule has 0 aliphatic heterocycles. The summed E-state index contributed by atoms with van der Waals surface area (Å²) in [7, 11) is 0. The molecule has 0 bridgehead atoms. The molecule has 15 heavy (non-hydrogen) atoms. The molecule has 0 radical (unpaired) electrons. The first kappa shape index (κ1) is 10.7. The number of aryl methyl sites for hydroxylation is 2. The Balaban J connectivity index is 1.96. The number of benzene rings is 1. The molecule has 0 spiro atoms. The summed E-state index contributed by atoms with van der Waals surface area (Å²) in [6.45, 7) is 4.23. The van der Waals surface area contributed by atoms with Gasteiger partial charge in [0.2, 0.25) is 0 Å². The van der Waals surface area contributed by atoms with Crippen LogP contribution in [0.1, 0.15) is 36.0 Å². The van der Waals surface area contributed by atoms with Gasteiger partial charge in [0.25, 0.3) is 0 Å². The summed E-state index contributed by atoms with van der Waals surface area (Å²) in [5, 5.41) is 9.89. The van der Waals surface area contributed by atoms with Crippen LogP contribution in [-0.4, -0.2) is 11.2 Å². The fourth-order valence-corrected chi connectivity index (χ4v) is 2.28. The minimum atomic E-state index is -0.140. The first-order chi connectivity index (χ1) is 7.13. The van der Waals surface area contributed by atoms with Crippen LogP contribution in [0.4, 0.5) is 0 Å². The van der Waals surface area contributed by atoms with Crippen molar-refractivity contribution in [2.75, 3.05) is 0 Å². The van der Waals surface area contributed by atoms with Crippen molar-refractivity contribution >= 4 is 0 Å². The Morgan fingerprint density at radius 3 is 2.33 bits per heavy atom. The summed E-state index contributed by atoms with van der Waals surface area (Å²) in [5.74, 6) is 0.811. The Labute approximate surface area is 92.1 Å². The predicted molar refractivity (Wildman–Crippen MR) is 63.0 cm³/mol. The van der Waals surface area contributed by atoms with Crippen molar-refractivity contribution in [2.45, 2.75) is 45.6 Å². The van der Waals surface area contributed by atoms with Gasteiger partial charge in [-0.25, -0.2) is 0 Å². The fourth-order valence-electron chi connectivity index (χ4n) is 2.28. The molecule has 1 heteroatoms. The summed E-state index contributed by atoms with van der Waals surface area (Å²) in [6, 6.07) is 6.54. The molecule has 1 nitrogen and oxygen atoms in total. The smallest absolute Gasteiger partial charge is 0.0583 e. The van der Waals surface area contributed by atoms with Crippen molar-refractivity contribution in [3.8, 4) is 0 Å². The van der Waals surface area contributed by atoms with Crippen LogP contribution >= 0.6 is 0 Å². The molecule has 1 atom stereocenters. The Hall–Kier alpha value is -0.820.